The van der Waals surface area contributed by atoms with E-state index in [4.69, 9.17) is 0 Å². The van der Waals surface area contributed by atoms with Crippen molar-refractivity contribution in [3.63, 3.8) is 0 Å². The first-order valence-electron chi connectivity index (χ1n) is 8.76. The Morgan fingerprint density at radius 1 is 0.440 bits per heavy atom. The zero-order valence-electron chi connectivity index (χ0n) is 13.9. The molecule has 118 valence electrons. The van der Waals surface area contributed by atoms with Crippen LogP contribution in [0.25, 0.3) is 33.4 Å². The molecule has 0 aromatic heterocycles. The lowest BCUT2D eigenvalue weighted by atomic mass is 9.93. The van der Waals surface area contributed by atoms with Gasteiger partial charge in [-0.05, 0) is 50.9 Å². The fourth-order valence-corrected chi connectivity index (χ4v) is 3.92. The molecule has 0 heterocycles. The zero-order valence-corrected chi connectivity index (χ0v) is 13.9. The van der Waals surface area contributed by atoms with Crippen LogP contribution >= 0.6 is 0 Å². The van der Waals surface area contributed by atoms with E-state index in [1.807, 2.05) is 0 Å². The Bertz CT molecular complexity index is 1040. The molecule has 1 aliphatic rings. The molecule has 0 spiro atoms. The van der Waals surface area contributed by atoms with E-state index in [0.29, 0.717) is 0 Å². The fourth-order valence-electron chi connectivity index (χ4n) is 3.92. The van der Waals surface area contributed by atoms with Gasteiger partial charge in [-0.2, -0.15) is 0 Å². The van der Waals surface area contributed by atoms with Crippen molar-refractivity contribution in [2.75, 3.05) is 0 Å². The van der Waals surface area contributed by atoms with E-state index in [-0.39, 0.29) is 0 Å². The zero-order chi connectivity index (χ0) is 16.6. The molecule has 0 amide bonds. The van der Waals surface area contributed by atoms with E-state index in [1.165, 1.54) is 44.5 Å². The van der Waals surface area contributed by atoms with E-state index >= 15 is 0 Å². The molecule has 0 radical (unpaired) electrons. The molecule has 0 N–H and O–H groups in total. The third-order valence-corrected chi connectivity index (χ3v) is 5.10. The number of fused-ring (bicyclic) bond motifs is 3. The highest BCUT2D eigenvalue weighted by Gasteiger charge is 2.22. The van der Waals surface area contributed by atoms with Crippen molar-refractivity contribution < 1.29 is 0 Å². The van der Waals surface area contributed by atoms with E-state index < -0.39 is 0 Å². The quantitative estimate of drug-likeness (QED) is 0.344. The summed E-state index contributed by atoms with van der Waals surface area (Å²) in [6, 6.07) is 35.0. The van der Waals surface area contributed by atoms with Gasteiger partial charge < -0.3 is 0 Å². The van der Waals surface area contributed by atoms with Crippen LogP contribution in [0.1, 0.15) is 11.1 Å². The number of rotatable bonds is 2. The Balaban J connectivity index is 1.66. The Labute approximate surface area is 148 Å². The maximum atomic E-state index is 2.36. The van der Waals surface area contributed by atoms with Crippen molar-refractivity contribution in [3.05, 3.63) is 108 Å². The molecule has 0 atom stereocenters. The number of hydrogen-bond donors (Lipinski definition) is 0. The fraction of sp³-hybridized carbons (Fsp3) is 0.0400. The van der Waals surface area contributed by atoms with Gasteiger partial charge in [0, 0.05) is 0 Å². The van der Waals surface area contributed by atoms with Crippen molar-refractivity contribution in [2.24, 2.45) is 0 Å². The van der Waals surface area contributed by atoms with Crippen LogP contribution in [0.3, 0.4) is 0 Å². The molecule has 0 unspecified atom stereocenters. The normalized spacial score (nSPS) is 11.8. The molecule has 0 aliphatic heterocycles. The molecule has 0 heteroatoms. The van der Waals surface area contributed by atoms with Crippen LogP contribution in [-0.2, 0) is 6.42 Å². The summed E-state index contributed by atoms with van der Waals surface area (Å²) in [7, 11) is 0. The largest absolute Gasteiger partial charge is 0.0622 e. The second kappa shape index (κ2) is 5.75. The van der Waals surface area contributed by atoms with Crippen LogP contribution in [0.15, 0.2) is 97.1 Å². The summed E-state index contributed by atoms with van der Waals surface area (Å²) in [5.74, 6) is 0. The molecule has 0 bridgehead atoms. The van der Waals surface area contributed by atoms with Gasteiger partial charge in [0.2, 0.25) is 0 Å². The lowest BCUT2D eigenvalue weighted by molar-refractivity contribution is 1.26. The summed E-state index contributed by atoms with van der Waals surface area (Å²) < 4.78 is 0. The smallest absolute Gasteiger partial charge is 0.00130 e. The van der Waals surface area contributed by atoms with Gasteiger partial charge in [-0.25, -0.2) is 0 Å². The van der Waals surface area contributed by atoms with Crippen molar-refractivity contribution in [1.29, 1.82) is 0 Å². The molecule has 0 saturated heterocycles. The third kappa shape index (κ3) is 2.38. The maximum absolute atomic E-state index is 2.36. The van der Waals surface area contributed by atoms with Crippen molar-refractivity contribution in [3.8, 4) is 33.4 Å². The summed E-state index contributed by atoms with van der Waals surface area (Å²) >= 11 is 0. The highest BCUT2D eigenvalue weighted by Crippen LogP contribution is 2.44. The average Bonchev–Trinajstić information content (AvgIpc) is 3.07. The summed E-state index contributed by atoms with van der Waals surface area (Å²) in [5.41, 5.74) is 10.9. The molecule has 0 saturated carbocycles. The summed E-state index contributed by atoms with van der Waals surface area (Å²) in [4.78, 5) is 0. The Kier molecular flexibility index (Phi) is 3.28. The van der Waals surface area contributed by atoms with E-state index in [2.05, 4.69) is 97.1 Å². The Morgan fingerprint density at radius 3 is 1.92 bits per heavy atom. The highest BCUT2D eigenvalue weighted by atomic mass is 14.3. The molecule has 4 aromatic carbocycles. The lowest BCUT2D eigenvalue weighted by Gasteiger charge is -2.10. The standard InChI is InChI=1S/C25H18/c1-3-8-18(9-4-1)20-14-15-24-22(16-20)17-21-12-7-13-23(25(21)24)19-10-5-2-6-11-19/h1-16H,17H2. The van der Waals surface area contributed by atoms with Crippen LogP contribution in [0, 0.1) is 0 Å². The van der Waals surface area contributed by atoms with Gasteiger partial charge in [0.15, 0.2) is 0 Å². The second-order valence-corrected chi connectivity index (χ2v) is 6.62. The minimum absolute atomic E-state index is 1.02. The van der Waals surface area contributed by atoms with E-state index in [1.54, 1.807) is 0 Å². The van der Waals surface area contributed by atoms with Crippen LogP contribution in [-0.4, -0.2) is 0 Å². The monoisotopic (exact) mass is 318 g/mol. The van der Waals surface area contributed by atoms with Gasteiger partial charge in [-0.1, -0.05) is 97.1 Å². The minimum atomic E-state index is 1.02. The molecule has 4 aromatic rings. The summed E-state index contributed by atoms with van der Waals surface area (Å²) in [5, 5.41) is 0. The molecule has 0 fully saturated rings. The third-order valence-electron chi connectivity index (χ3n) is 5.10. The topological polar surface area (TPSA) is 0 Å². The first-order chi connectivity index (χ1) is 12.4. The van der Waals surface area contributed by atoms with Crippen molar-refractivity contribution in [1.82, 2.24) is 0 Å². The Morgan fingerprint density at radius 2 is 1.16 bits per heavy atom. The predicted octanol–water partition coefficient (Wildman–Crippen LogP) is 6.59. The average molecular weight is 318 g/mol. The van der Waals surface area contributed by atoms with Gasteiger partial charge >= 0.3 is 0 Å². The lowest BCUT2D eigenvalue weighted by Crippen LogP contribution is -1.85. The number of benzene rings is 4. The first kappa shape index (κ1) is 14.2. The van der Waals surface area contributed by atoms with Gasteiger partial charge in [0.1, 0.15) is 0 Å². The van der Waals surface area contributed by atoms with Crippen LogP contribution in [0.5, 0.6) is 0 Å². The number of hydrogen-bond acceptors (Lipinski definition) is 0. The molecule has 1 aliphatic carbocycles. The molecule has 0 nitrogen and oxygen atoms in total. The molecular formula is C25H18. The van der Waals surface area contributed by atoms with Gasteiger partial charge in [-0.3, -0.25) is 0 Å². The SMILES string of the molecule is c1ccc(-c2ccc3c(c2)Cc2cccc(-c4ccccc4)c2-3)cc1. The maximum Gasteiger partial charge on any atom is -0.00130 e. The first-order valence-corrected chi connectivity index (χ1v) is 8.76. The summed E-state index contributed by atoms with van der Waals surface area (Å²) in [6.45, 7) is 0. The van der Waals surface area contributed by atoms with Crippen molar-refractivity contribution in [2.45, 2.75) is 6.42 Å². The van der Waals surface area contributed by atoms with Gasteiger partial charge in [0.05, 0.1) is 0 Å². The summed E-state index contributed by atoms with van der Waals surface area (Å²) in [6.07, 6.45) is 1.02. The van der Waals surface area contributed by atoms with Crippen LogP contribution in [0.2, 0.25) is 0 Å². The van der Waals surface area contributed by atoms with E-state index in [0.717, 1.165) is 6.42 Å². The van der Waals surface area contributed by atoms with Gasteiger partial charge in [0.25, 0.3) is 0 Å². The van der Waals surface area contributed by atoms with Crippen molar-refractivity contribution >= 4 is 0 Å². The van der Waals surface area contributed by atoms with E-state index in [9.17, 15) is 0 Å². The van der Waals surface area contributed by atoms with Crippen LogP contribution in [0.4, 0.5) is 0 Å². The highest BCUT2D eigenvalue weighted by molar-refractivity contribution is 5.91. The van der Waals surface area contributed by atoms with Gasteiger partial charge in [-0.15, -0.1) is 0 Å². The molecule has 25 heavy (non-hydrogen) atoms. The predicted molar refractivity (Wildman–Crippen MR) is 106 cm³/mol. The minimum Gasteiger partial charge on any atom is -0.0622 e. The molecule has 5 rings (SSSR count). The second-order valence-electron chi connectivity index (χ2n) is 6.62. The van der Waals surface area contributed by atoms with Crippen LogP contribution < -0.4 is 0 Å². The molecular weight excluding hydrogens is 300 g/mol. The Hall–Kier alpha value is -3.12.